The molecule has 4 nitrogen and oxygen atoms in total. The summed E-state index contributed by atoms with van der Waals surface area (Å²) in [7, 11) is 0. The van der Waals surface area contributed by atoms with E-state index in [-0.39, 0.29) is 11.5 Å². The van der Waals surface area contributed by atoms with E-state index < -0.39 is 5.97 Å². The van der Waals surface area contributed by atoms with E-state index in [0.29, 0.717) is 18.0 Å². The molecule has 0 unspecified atom stereocenters. The van der Waals surface area contributed by atoms with Gasteiger partial charge in [0.2, 0.25) is 5.91 Å². The molecule has 1 aromatic carbocycles. The lowest BCUT2D eigenvalue weighted by atomic mass is 9.83. The first-order valence-electron chi connectivity index (χ1n) is 5.88. The van der Waals surface area contributed by atoms with E-state index in [4.69, 9.17) is 5.11 Å². The number of rotatable bonds is 4. The fraction of sp³-hybridized carbons (Fsp3) is 0.385. The van der Waals surface area contributed by atoms with Crippen LogP contribution in [0.4, 0.5) is 5.69 Å². The molecule has 1 aliphatic carbocycles. The molecule has 0 aromatic heterocycles. The van der Waals surface area contributed by atoms with Gasteiger partial charge in [-0.25, -0.2) is 4.79 Å². The van der Waals surface area contributed by atoms with Gasteiger partial charge in [0, 0.05) is 15.7 Å². The molecule has 96 valence electrons. The summed E-state index contributed by atoms with van der Waals surface area (Å²) in [6, 6.07) is 4.83. The zero-order valence-corrected chi connectivity index (χ0v) is 11.9. The fourth-order valence-corrected chi connectivity index (χ4v) is 2.63. The smallest absolute Gasteiger partial charge is 0.335 e. The van der Waals surface area contributed by atoms with Crippen LogP contribution in [0, 0.1) is 9.49 Å². The molecule has 2 N–H and O–H groups in total. The maximum absolute atomic E-state index is 11.7. The number of amides is 1. The largest absolute Gasteiger partial charge is 0.478 e. The van der Waals surface area contributed by atoms with E-state index in [2.05, 4.69) is 5.32 Å². The topological polar surface area (TPSA) is 66.4 Å². The number of hydrogen-bond acceptors (Lipinski definition) is 2. The van der Waals surface area contributed by atoms with Crippen molar-refractivity contribution in [2.24, 2.45) is 5.92 Å². The Hall–Kier alpha value is -1.11. The lowest BCUT2D eigenvalue weighted by Gasteiger charge is -2.24. The van der Waals surface area contributed by atoms with Crippen molar-refractivity contribution in [1.82, 2.24) is 0 Å². The zero-order valence-electron chi connectivity index (χ0n) is 9.78. The Kier molecular flexibility index (Phi) is 4.21. The van der Waals surface area contributed by atoms with Gasteiger partial charge in [-0.05, 0) is 59.5 Å². The van der Waals surface area contributed by atoms with Crippen LogP contribution in [0.3, 0.4) is 0 Å². The molecule has 2 rings (SSSR count). The highest BCUT2D eigenvalue weighted by Crippen LogP contribution is 2.29. The fourth-order valence-electron chi connectivity index (χ4n) is 1.96. The van der Waals surface area contributed by atoms with Crippen molar-refractivity contribution in [2.45, 2.75) is 25.7 Å². The first-order chi connectivity index (χ1) is 8.54. The number of carbonyl (C=O) groups excluding carboxylic acids is 1. The van der Waals surface area contributed by atoms with Crippen LogP contribution in [0.25, 0.3) is 0 Å². The number of halogens is 1. The molecule has 0 atom stereocenters. The quantitative estimate of drug-likeness (QED) is 0.812. The molecular formula is C13H14INO3. The molecule has 1 saturated carbocycles. The van der Waals surface area contributed by atoms with Crippen LogP contribution >= 0.6 is 22.6 Å². The molecule has 0 radical (unpaired) electrons. The van der Waals surface area contributed by atoms with Crippen LogP contribution in [0.1, 0.15) is 36.0 Å². The molecule has 1 amide bonds. The predicted octanol–water partition coefficient (Wildman–Crippen LogP) is 3.12. The molecule has 0 heterocycles. The van der Waals surface area contributed by atoms with Gasteiger partial charge in [-0.1, -0.05) is 6.42 Å². The number of carboxylic acid groups (broad SMARTS) is 1. The first-order valence-corrected chi connectivity index (χ1v) is 6.96. The standard InChI is InChI=1S/C13H14INO3/c14-10-5-9(13(17)18)6-11(7-10)15-12(16)4-8-2-1-3-8/h5-8H,1-4H2,(H,15,16)(H,17,18). The van der Waals surface area contributed by atoms with Crippen LogP contribution in [-0.4, -0.2) is 17.0 Å². The summed E-state index contributed by atoms with van der Waals surface area (Å²) >= 11 is 2.04. The third-order valence-corrected chi connectivity index (χ3v) is 3.75. The number of nitrogens with one attached hydrogen (secondary N) is 1. The lowest BCUT2D eigenvalue weighted by molar-refractivity contribution is -0.117. The third-order valence-electron chi connectivity index (χ3n) is 3.13. The molecule has 18 heavy (non-hydrogen) atoms. The zero-order chi connectivity index (χ0) is 13.1. The molecule has 0 bridgehead atoms. The number of carboxylic acids is 1. The summed E-state index contributed by atoms with van der Waals surface area (Å²) < 4.78 is 0.798. The lowest BCUT2D eigenvalue weighted by Crippen LogP contribution is -2.21. The number of anilines is 1. The summed E-state index contributed by atoms with van der Waals surface area (Å²) in [4.78, 5) is 22.7. The predicted molar refractivity (Wildman–Crippen MR) is 76.7 cm³/mol. The van der Waals surface area contributed by atoms with Crippen LogP contribution in [-0.2, 0) is 4.79 Å². The summed E-state index contributed by atoms with van der Waals surface area (Å²) in [5, 5.41) is 11.7. The van der Waals surface area contributed by atoms with Gasteiger partial charge < -0.3 is 10.4 Å². The Bertz CT molecular complexity index is 483. The Morgan fingerprint density at radius 3 is 2.61 bits per heavy atom. The van der Waals surface area contributed by atoms with Crippen LogP contribution in [0.5, 0.6) is 0 Å². The Morgan fingerprint density at radius 1 is 1.33 bits per heavy atom. The Morgan fingerprint density at radius 2 is 2.06 bits per heavy atom. The van der Waals surface area contributed by atoms with E-state index in [1.165, 1.54) is 12.5 Å². The first kappa shape index (κ1) is 13.3. The molecule has 1 aromatic rings. The Labute approximate surface area is 119 Å². The van der Waals surface area contributed by atoms with E-state index in [9.17, 15) is 9.59 Å². The van der Waals surface area contributed by atoms with E-state index in [0.717, 1.165) is 16.4 Å². The third kappa shape index (κ3) is 3.44. The van der Waals surface area contributed by atoms with Crippen molar-refractivity contribution in [3.8, 4) is 0 Å². The van der Waals surface area contributed by atoms with Crippen LogP contribution < -0.4 is 5.32 Å². The molecule has 0 spiro atoms. The highest BCUT2D eigenvalue weighted by molar-refractivity contribution is 14.1. The normalized spacial score (nSPS) is 14.9. The maximum Gasteiger partial charge on any atom is 0.335 e. The summed E-state index contributed by atoms with van der Waals surface area (Å²) in [6.45, 7) is 0. The van der Waals surface area contributed by atoms with Gasteiger partial charge in [0.15, 0.2) is 0 Å². The average molecular weight is 359 g/mol. The summed E-state index contributed by atoms with van der Waals surface area (Å²) in [6.07, 6.45) is 4.00. The highest BCUT2D eigenvalue weighted by Gasteiger charge is 2.20. The van der Waals surface area contributed by atoms with Crippen molar-refractivity contribution in [1.29, 1.82) is 0 Å². The van der Waals surface area contributed by atoms with Crippen molar-refractivity contribution in [3.63, 3.8) is 0 Å². The SMILES string of the molecule is O=C(CC1CCC1)Nc1cc(I)cc(C(=O)O)c1. The van der Waals surface area contributed by atoms with E-state index >= 15 is 0 Å². The molecule has 1 aliphatic rings. The molecule has 0 saturated heterocycles. The van der Waals surface area contributed by atoms with Crippen molar-refractivity contribution in [2.75, 3.05) is 5.32 Å². The van der Waals surface area contributed by atoms with Gasteiger partial charge in [-0.3, -0.25) is 4.79 Å². The minimum atomic E-state index is -0.983. The minimum Gasteiger partial charge on any atom is -0.478 e. The van der Waals surface area contributed by atoms with E-state index in [1.54, 1.807) is 12.1 Å². The van der Waals surface area contributed by atoms with E-state index in [1.807, 2.05) is 22.6 Å². The summed E-state index contributed by atoms with van der Waals surface area (Å²) in [5.41, 5.74) is 0.754. The second kappa shape index (κ2) is 5.69. The number of aromatic carboxylic acids is 1. The van der Waals surface area contributed by atoms with Gasteiger partial charge >= 0.3 is 5.97 Å². The maximum atomic E-state index is 11.7. The van der Waals surface area contributed by atoms with Crippen molar-refractivity contribution >= 4 is 40.2 Å². The van der Waals surface area contributed by atoms with Gasteiger partial charge in [0.05, 0.1) is 5.56 Å². The highest BCUT2D eigenvalue weighted by atomic mass is 127. The average Bonchev–Trinajstić information content (AvgIpc) is 2.22. The second-order valence-electron chi connectivity index (χ2n) is 4.58. The molecule has 0 aliphatic heterocycles. The Balaban J connectivity index is 2.03. The van der Waals surface area contributed by atoms with Gasteiger partial charge in [-0.2, -0.15) is 0 Å². The van der Waals surface area contributed by atoms with Gasteiger partial charge in [0.25, 0.3) is 0 Å². The van der Waals surface area contributed by atoms with Gasteiger partial charge in [-0.15, -0.1) is 0 Å². The van der Waals surface area contributed by atoms with Gasteiger partial charge in [0.1, 0.15) is 0 Å². The van der Waals surface area contributed by atoms with Crippen LogP contribution in [0.2, 0.25) is 0 Å². The number of hydrogen-bond donors (Lipinski definition) is 2. The second-order valence-corrected chi connectivity index (χ2v) is 5.83. The van der Waals surface area contributed by atoms with Crippen molar-refractivity contribution in [3.05, 3.63) is 27.3 Å². The monoisotopic (exact) mass is 359 g/mol. The molecule has 1 fully saturated rings. The number of benzene rings is 1. The van der Waals surface area contributed by atoms with Crippen molar-refractivity contribution < 1.29 is 14.7 Å². The molecular weight excluding hydrogens is 345 g/mol. The number of carbonyl (C=O) groups is 2. The molecule has 5 heteroatoms. The minimum absolute atomic E-state index is 0.0296. The van der Waals surface area contributed by atoms with Crippen LogP contribution in [0.15, 0.2) is 18.2 Å². The summed E-state index contributed by atoms with van der Waals surface area (Å²) in [5.74, 6) is -0.507.